The zero-order valence-corrected chi connectivity index (χ0v) is 11.2. The second kappa shape index (κ2) is 7.12. The summed E-state index contributed by atoms with van der Waals surface area (Å²) in [4.78, 5) is 24.7. The maximum Gasteiger partial charge on any atom is 0.410 e. The van der Waals surface area contributed by atoms with Gasteiger partial charge in [0.2, 0.25) is 0 Å². The van der Waals surface area contributed by atoms with Gasteiger partial charge in [-0.3, -0.25) is 4.90 Å². The fraction of sp³-hybridized carbons (Fsp3) is 0.600. The highest BCUT2D eigenvalue weighted by Crippen LogP contribution is 2.17. The Labute approximate surface area is 114 Å². The lowest BCUT2D eigenvalue weighted by Crippen LogP contribution is -2.41. The van der Waals surface area contributed by atoms with Crippen molar-refractivity contribution in [3.8, 4) is 0 Å². The molecule has 1 aliphatic carbocycles. The first-order valence-corrected chi connectivity index (χ1v) is 7.04. The third-order valence-corrected chi connectivity index (χ3v) is 3.67. The first-order chi connectivity index (χ1) is 9.31. The number of carbonyl (C=O) groups excluding carboxylic acids is 2. The highest BCUT2D eigenvalue weighted by atomic mass is 16.6. The minimum absolute atomic E-state index is 0.310. The number of amides is 1. The van der Waals surface area contributed by atoms with Gasteiger partial charge in [0.25, 0.3) is 0 Å². The Hall–Kier alpha value is -1.58. The molecule has 0 unspecified atom stereocenters. The van der Waals surface area contributed by atoms with E-state index in [0.717, 1.165) is 50.4 Å². The zero-order chi connectivity index (χ0) is 13.5. The van der Waals surface area contributed by atoms with Crippen molar-refractivity contribution in [2.45, 2.75) is 44.6 Å². The van der Waals surface area contributed by atoms with Crippen LogP contribution in [0, 0.1) is 0 Å². The molecule has 2 rings (SSSR count). The summed E-state index contributed by atoms with van der Waals surface area (Å²) in [6.07, 6.45) is 12.3. The molecule has 0 bridgehead atoms. The van der Waals surface area contributed by atoms with Crippen LogP contribution in [0.25, 0.3) is 0 Å². The van der Waals surface area contributed by atoms with Crippen LogP contribution in [0.5, 0.6) is 0 Å². The SMILES string of the molecule is O=C[C@@H]1CCCCCN1C(=O)OCC1=CC=CCC1. The van der Waals surface area contributed by atoms with E-state index in [2.05, 4.69) is 6.08 Å². The minimum atomic E-state index is -0.352. The van der Waals surface area contributed by atoms with Gasteiger partial charge in [0.15, 0.2) is 0 Å². The number of carbonyl (C=O) groups is 2. The second-order valence-corrected chi connectivity index (χ2v) is 5.09. The largest absolute Gasteiger partial charge is 0.445 e. The predicted molar refractivity (Wildman–Crippen MR) is 72.8 cm³/mol. The van der Waals surface area contributed by atoms with Gasteiger partial charge >= 0.3 is 6.09 Å². The molecule has 4 nitrogen and oxygen atoms in total. The maximum absolute atomic E-state index is 12.1. The number of hydrogen-bond donors (Lipinski definition) is 0. The van der Waals surface area contributed by atoms with Crippen LogP contribution in [-0.4, -0.2) is 36.5 Å². The van der Waals surface area contributed by atoms with Crippen LogP contribution in [0.1, 0.15) is 38.5 Å². The van der Waals surface area contributed by atoms with Gasteiger partial charge in [0, 0.05) is 6.54 Å². The van der Waals surface area contributed by atoms with Gasteiger partial charge in [-0.05, 0) is 31.3 Å². The molecule has 1 fully saturated rings. The van der Waals surface area contributed by atoms with Crippen LogP contribution >= 0.6 is 0 Å². The van der Waals surface area contributed by atoms with Crippen LogP contribution in [0.2, 0.25) is 0 Å². The van der Waals surface area contributed by atoms with E-state index in [1.807, 2.05) is 12.2 Å². The number of nitrogens with zero attached hydrogens (tertiary/aromatic N) is 1. The average molecular weight is 263 g/mol. The lowest BCUT2D eigenvalue weighted by Gasteiger charge is -2.25. The summed E-state index contributed by atoms with van der Waals surface area (Å²) < 4.78 is 5.33. The van der Waals surface area contributed by atoms with Gasteiger partial charge in [-0.1, -0.05) is 31.1 Å². The van der Waals surface area contributed by atoms with Crippen LogP contribution in [0.3, 0.4) is 0 Å². The van der Waals surface area contributed by atoms with E-state index < -0.39 is 0 Å². The van der Waals surface area contributed by atoms with Gasteiger partial charge in [-0.25, -0.2) is 4.79 Å². The Morgan fingerprint density at radius 1 is 1.42 bits per heavy atom. The summed E-state index contributed by atoms with van der Waals surface area (Å²) in [5, 5.41) is 0. The van der Waals surface area contributed by atoms with E-state index in [1.54, 1.807) is 4.90 Å². The molecule has 1 saturated heterocycles. The Bertz CT molecular complexity index is 387. The molecular weight excluding hydrogens is 242 g/mol. The highest BCUT2D eigenvalue weighted by Gasteiger charge is 2.26. The van der Waals surface area contributed by atoms with Gasteiger partial charge < -0.3 is 9.53 Å². The molecular formula is C15H21NO3. The average Bonchev–Trinajstić information content (AvgIpc) is 2.71. The van der Waals surface area contributed by atoms with Crippen LogP contribution in [0.15, 0.2) is 23.8 Å². The smallest absolute Gasteiger partial charge is 0.410 e. The zero-order valence-electron chi connectivity index (χ0n) is 11.2. The molecule has 19 heavy (non-hydrogen) atoms. The van der Waals surface area contributed by atoms with Crippen molar-refractivity contribution in [1.29, 1.82) is 0 Å². The topological polar surface area (TPSA) is 46.6 Å². The van der Waals surface area contributed by atoms with E-state index >= 15 is 0 Å². The second-order valence-electron chi connectivity index (χ2n) is 5.09. The molecule has 4 heteroatoms. The van der Waals surface area contributed by atoms with Gasteiger partial charge in [-0.15, -0.1) is 0 Å². The highest BCUT2D eigenvalue weighted by molar-refractivity contribution is 5.73. The molecule has 2 aliphatic rings. The molecule has 0 aromatic carbocycles. The number of likely N-dealkylation sites (tertiary alicyclic amines) is 1. The third kappa shape index (κ3) is 3.94. The van der Waals surface area contributed by atoms with E-state index in [9.17, 15) is 9.59 Å². The fourth-order valence-corrected chi connectivity index (χ4v) is 2.51. The summed E-state index contributed by atoms with van der Waals surface area (Å²) in [5.41, 5.74) is 1.13. The summed E-state index contributed by atoms with van der Waals surface area (Å²) in [7, 11) is 0. The van der Waals surface area contributed by atoms with E-state index in [0.29, 0.717) is 13.2 Å². The molecule has 1 heterocycles. The van der Waals surface area contributed by atoms with Gasteiger partial charge in [-0.2, -0.15) is 0 Å². The van der Waals surface area contributed by atoms with E-state index in [4.69, 9.17) is 4.74 Å². The number of allylic oxidation sites excluding steroid dienone is 3. The predicted octanol–water partition coefficient (Wildman–Crippen LogP) is 2.84. The molecule has 104 valence electrons. The molecule has 0 spiro atoms. The summed E-state index contributed by atoms with van der Waals surface area (Å²) in [5.74, 6) is 0. The maximum atomic E-state index is 12.1. The Morgan fingerprint density at radius 3 is 3.05 bits per heavy atom. The van der Waals surface area contributed by atoms with E-state index in [1.165, 1.54) is 0 Å². The Morgan fingerprint density at radius 2 is 2.32 bits per heavy atom. The first kappa shape index (κ1) is 13.8. The van der Waals surface area contributed by atoms with E-state index in [-0.39, 0.29) is 12.1 Å². The summed E-state index contributed by atoms with van der Waals surface area (Å²) in [6, 6.07) is -0.310. The van der Waals surface area contributed by atoms with Crippen molar-refractivity contribution in [3.05, 3.63) is 23.8 Å². The molecule has 0 saturated carbocycles. The minimum Gasteiger partial charge on any atom is -0.445 e. The van der Waals surface area contributed by atoms with Crippen LogP contribution in [0.4, 0.5) is 4.79 Å². The number of hydrogen-bond acceptors (Lipinski definition) is 3. The molecule has 1 atom stereocenters. The normalized spacial score (nSPS) is 23.5. The van der Waals surface area contributed by atoms with Crippen molar-refractivity contribution < 1.29 is 14.3 Å². The Balaban J connectivity index is 1.88. The quantitative estimate of drug-likeness (QED) is 0.736. The standard InChI is InChI=1S/C15H21NO3/c17-11-14-9-5-2-6-10-16(14)15(18)19-12-13-7-3-1-4-8-13/h1,3,7,11,14H,2,4-6,8-10,12H2/t14-/m0/s1. The van der Waals surface area contributed by atoms with Crippen molar-refractivity contribution in [2.24, 2.45) is 0 Å². The lowest BCUT2D eigenvalue weighted by atomic mass is 10.1. The van der Waals surface area contributed by atoms with Crippen molar-refractivity contribution in [1.82, 2.24) is 4.90 Å². The number of rotatable bonds is 3. The van der Waals surface area contributed by atoms with Crippen molar-refractivity contribution in [2.75, 3.05) is 13.2 Å². The van der Waals surface area contributed by atoms with Crippen LogP contribution in [-0.2, 0) is 9.53 Å². The van der Waals surface area contributed by atoms with Gasteiger partial charge in [0.05, 0.1) is 6.04 Å². The molecule has 0 radical (unpaired) electrons. The first-order valence-electron chi connectivity index (χ1n) is 7.04. The third-order valence-electron chi connectivity index (χ3n) is 3.67. The molecule has 1 amide bonds. The monoisotopic (exact) mass is 263 g/mol. The van der Waals surface area contributed by atoms with Gasteiger partial charge in [0.1, 0.15) is 12.9 Å². The lowest BCUT2D eigenvalue weighted by molar-refractivity contribution is -0.112. The number of ether oxygens (including phenoxy) is 1. The molecule has 1 aliphatic heterocycles. The van der Waals surface area contributed by atoms with Crippen molar-refractivity contribution in [3.63, 3.8) is 0 Å². The molecule has 0 aromatic rings. The summed E-state index contributed by atoms with van der Waals surface area (Å²) >= 11 is 0. The molecule has 0 aromatic heterocycles. The van der Waals surface area contributed by atoms with Crippen molar-refractivity contribution >= 4 is 12.4 Å². The summed E-state index contributed by atoms with van der Waals surface area (Å²) in [6.45, 7) is 0.965. The Kier molecular flexibility index (Phi) is 5.19. The molecule has 0 N–H and O–H groups in total. The number of aldehydes is 1. The fourth-order valence-electron chi connectivity index (χ4n) is 2.51. The van der Waals surface area contributed by atoms with Crippen LogP contribution < -0.4 is 0 Å².